The van der Waals surface area contributed by atoms with Gasteiger partial charge in [0.2, 0.25) is 0 Å². The first-order valence-corrected chi connectivity index (χ1v) is 6.87. The Balaban J connectivity index is 2.05. The Hall–Kier alpha value is -2.71. The number of hydrogen-bond donors (Lipinski definition) is 1. The number of nitrogens with one attached hydrogen (secondary N) is 1. The summed E-state index contributed by atoms with van der Waals surface area (Å²) >= 11 is 1.45. The Morgan fingerprint density at radius 3 is 2.85 bits per heavy atom. The van der Waals surface area contributed by atoms with Crippen LogP contribution in [0, 0.1) is 11.3 Å². The molecule has 0 aliphatic carbocycles. The molecule has 0 radical (unpaired) electrons. The minimum atomic E-state index is 0.540. The van der Waals surface area contributed by atoms with Gasteiger partial charge in [0.15, 0.2) is 0 Å². The molecular weight excluding hydrogens is 268 g/mol. The second-order valence-electron chi connectivity index (χ2n) is 4.07. The van der Waals surface area contributed by atoms with Crippen LogP contribution in [0.1, 0.15) is 10.6 Å². The van der Waals surface area contributed by atoms with Crippen LogP contribution in [0.5, 0.6) is 0 Å². The normalized spacial score (nSPS) is 11.2. The predicted octanol–water partition coefficient (Wildman–Crippen LogP) is 3.60. The van der Waals surface area contributed by atoms with Gasteiger partial charge in [-0.3, -0.25) is 5.10 Å². The minimum Gasteiger partial charge on any atom is -0.277 e. The second kappa shape index (κ2) is 5.51. The Labute approximate surface area is 120 Å². The van der Waals surface area contributed by atoms with Crippen LogP contribution in [0.4, 0.5) is 0 Å². The molecule has 3 rings (SSSR count). The topological polar surface area (TPSA) is 65.4 Å². The first-order chi connectivity index (χ1) is 9.88. The Morgan fingerprint density at radius 2 is 2.15 bits per heavy atom. The Kier molecular flexibility index (Phi) is 3.40. The van der Waals surface area contributed by atoms with Gasteiger partial charge in [0.1, 0.15) is 11.1 Å². The number of thiazole rings is 1. The molecule has 5 heteroatoms. The molecule has 0 unspecified atom stereocenters. The summed E-state index contributed by atoms with van der Waals surface area (Å²) in [6.45, 7) is 0. The van der Waals surface area contributed by atoms with Gasteiger partial charge in [-0.1, -0.05) is 30.3 Å². The van der Waals surface area contributed by atoms with Gasteiger partial charge in [-0.05, 0) is 6.08 Å². The fourth-order valence-electron chi connectivity index (χ4n) is 1.89. The van der Waals surface area contributed by atoms with E-state index in [0.717, 1.165) is 16.8 Å². The lowest BCUT2D eigenvalue weighted by atomic mass is 10.1. The maximum absolute atomic E-state index is 9.28. The van der Waals surface area contributed by atoms with E-state index in [1.807, 2.05) is 41.8 Å². The van der Waals surface area contributed by atoms with Crippen molar-refractivity contribution in [3.63, 3.8) is 0 Å². The van der Waals surface area contributed by atoms with Crippen LogP contribution in [0.25, 0.3) is 22.9 Å². The summed E-state index contributed by atoms with van der Waals surface area (Å²) in [4.78, 5) is 4.17. The van der Waals surface area contributed by atoms with Gasteiger partial charge in [-0.25, -0.2) is 4.98 Å². The van der Waals surface area contributed by atoms with Crippen molar-refractivity contribution in [1.29, 1.82) is 5.26 Å². The third kappa shape index (κ3) is 2.37. The van der Waals surface area contributed by atoms with Crippen LogP contribution in [0.15, 0.2) is 48.1 Å². The number of rotatable bonds is 3. The Morgan fingerprint density at radius 1 is 1.30 bits per heavy atom. The molecule has 0 aliphatic rings. The first kappa shape index (κ1) is 12.3. The van der Waals surface area contributed by atoms with Gasteiger partial charge in [0.05, 0.1) is 17.5 Å². The fourth-order valence-corrected chi connectivity index (χ4v) is 2.50. The molecule has 0 amide bonds. The van der Waals surface area contributed by atoms with E-state index in [4.69, 9.17) is 0 Å². The number of aromatic nitrogens is 3. The summed E-state index contributed by atoms with van der Waals surface area (Å²) in [7, 11) is 0. The summed E-state index contributed by atoms with van der Waals surface area (Å²) in [5.74, 6) is 0. The average molecular weight is 278 g/mol. The van der Waals surface area contributed by atoms with Crippen LogP contribution < -0.4 is 0 Å². The fraction of sp³-hybridized carbons (Fsp3) is 0. The van der Waals surface area contributed by atoms with Crippen LogP contribution >= 0.6 is 11.3 Å². The Bertz CT molecular complexity index is 764. The monoisotopic (exact) mass is 278 g/mol. The highest BCUT2D eigenvalue weighted by Crippen LogP contribution is 2.25. The lowest BCUT2D eigenvalue weighted by Crippen LogP contribution is -1.83. The molecule has 3 aromatic rings. The summed E-state index contributed by atoms with van der Waals surface area (Å²) in [5, 5.41) is 18.9. The quantitative estimate of drug-likeness (QED) is 0.744. The maximum Gasteiger partial charge on any atom is 0.133 e. The van der Waals surface area contributed by atoms with Gasteiger partial charge in [0.25, 0.3) is 0 Å². The van der Waals surface area contributed by atoms with E-state index >= 15 is 0 Å². The van der Waals surface area contributed by atoms with Crippen molar-refractivity contribution < 1.29 is 0 Å². The van der Waals surface area contributed by atoms with Crippen molar-refractivity contribution in [3.05, 3.63) is 58.7 Å². The van der Waals surface area contributed by atoms with Crippen LogP contribution in [0.3, 0.4) is 0 Å². The zero-order chi connectivity index (χ0) is 13.8. The van der Waals surface area contributed by atoms with E-state index in [1.165, 1.54) is 11.3 Å². The minimum absolute atomic E-state index is 0.540. The molecule has 20 heavy (non-hydrogen) atoms. The number of H-pyrrole nitrogens is 1. The molecule has 4 nitrogen and oxygen atoms in total. The largest absolute Gasteiger partial charge is 0.277 e. The smallest absolute Gasteiger partial charge is 0.133 e. The molecule has 0 atom stereocenters. The summed E-state index contributed by atoms with van der Waals surface area (Å²) in [5.41, 5.74) is 3.35. The summed E-state index contributed by atoms with van der Waals surface area (Å²) in [6, 6.07) is 12.1. The van der Waals surface area contributed by atoms with E-state index in [-0.39, 0.29) is 0 Å². The highest BCUT2D eigenvalue weighted by Gasteiger charge is 2.09. The molecule has 1 aromatic carbocycles. The van der Waals surface area contributed by atoms with Gasteiger partial charge in [-0.15, -0.1) is 11.3 Å². The van der Waals surface area contributed by atoms with Gasteiger partial charge >= 0.3 is 0 Å². The second-order valence-corrected chi connectivity index (χ2v) is 4.97. The molecule has 96 valence electrons. The number of nitrogens with zero attached hydrogens (tertiary/aromatic N) is 3. The van der Waals surface area contributed by atoms with E-state index in [9.17, 15) is 5.26 Å². The van der Waals surface area contributed by atoms with Crippen molar-refractivity contribution in [2.24, 2.45) is 0 Å². The number of hydrogen-bond acceptors (Lipinski definition) is 4. The van der Waals surface area contributed by atoms with E-state index < -0.39 is 0 Å². The van der Waals surface area contributed by atoms with Crippen molar-refractivity contribution in [2.45, 2.75) is 0 Å². The molecular formula is C15H10N4S. The predicted molar refractivity (Wildman–Crippen MR) is 79.6 cm³/mol. The first-order valence-electron chi connectivity index (χ1n) is 5.99. The van der Waals surface area contributed by atoms with Gasteiger partial charge < -0.3 is 0 Å². The molecule has 0 spiro atoms. The molecule has 0 aliphatic heterocycles. The van der Waals surface area contributed by atoms with Crippen molar-refractivity contribution in [2.75, 3.05) is 0 Å². The van der Waals surface area contributed by atoms with Crippen LogP contribution in [-0.4, -0.2) is 15.2 Å². The van der Waals surface area contributed by atoms with Gasteiger partial charge in [0, 0.05) is 22.7 Å². The van der Waals surface area contributed by atoms with E-state index in [1.54, 1.807) is 12.4 Å². The molecule has 0 bridgehead atoms. The van der Waals surface area contributed by atoms with Crippen molar-refractivity contribution in [3.8, 4) is 17.3 Å². The highest BCUT2D eigenvalue weighted by molar-refractivity contribution is 7.10. The third-order valence-electron chi connectivity index (χ3n) is 2.81. The molecule has 2 heterocycles. The molecule has 0 saturated heterocycles. The summed E-state index contributed by atoms with van der Waals surface area (Å²) in [6.07, 6.45) is 5.22. The van der Waals surface area contributed by atoms with Gasteiger partial charge in [-0.2, -0.15) is 10.4 Å². The molecule has 1 N–H and O–H groups in total. The van der Waals surface area contributed by atoms with Crippen LogP contribution in [-0.2, 0) is 0 Å². The van der Waals surface area contributed by atoms with Crippen LogP contribution in [0.2, 0.25) is 0 Å². The lowest BCUT2D eigenvalue weighted by Gasteiger charge is -1.99. The zero-order valence-electron chi connectivity index (χ0n) is 10.4. The SMILES string of the molecule is N#C/C(=C\c1cn[nH]c1-c1ccccc1)c1nccs1. The third-order valence-corrected chi connectivity index (χ3v) is 3.62. The average Bonchev–Trinajstić information content (AvgIpc) is 3.17. The number of nitriles is 1. The highest BCUT2D eigenvalue weighted by atomic mass is 32.1. The number of benzene rings is 1. The molecule has 2 aromatic heterocycles. The lowest BCUT2D eigenvalue weighted by molar-refractivity contribution is 1.10. The van der Waals surface area contributed by atoms with E-state index in [0.29, 0.717) is 10.6 Å². The molecule has 0 fully saturated rings. The standard InChI is InChI=1S/C15H10N4S/c16-9-12(15-17-6-7-20-15)8-13-10-18-19-14(13)11-4-2-1-3-5-11/h1-8,10H,(H,18,19)/b12-8+. The molecule has 0 saturated carbocycles. The van der Waals surface area contributed by atoms with Crippen molar-refractivity contribution in [1.82, 2.24) is 15.2 Å². The zero-order valence-corrected chi connectivity index (χ0v) is 11.3. The van der Waals surface area contributed by atoms with Crippen molar-refractivity contribution >= 4 is 23.0 Å². The number of aromatic amines is 1. The summed E-state index contributed by atoms with van der Waals surface area (Å²) < 4.78 is 0. The maximum atomic E-state index is 9.28. The van der Waals surface area contributed by atoms with E-state index in [2.05, 4.69) is 21.3 Å². The number of allylic oxidation sites excluding steroid dienone is 1.